The van der Waals surface area contributed by atoms with Crippen LogP contribution in [-0.2, 0) is 0 Å². The van der Waals surface area contributed by atoms with Crippen LogP contribution in [0.4, 0.5) is 5.82 Å². The van der Waals surface area contributed by atoms with Crippen LogP contribution in [0.2, 0.25) is 0 Å². The Morgan fingerprint density at radius 2 is 2.25 bits per heavy atom. The molecule has 1 heterocycles. The Kier molecular flexibility index (Phi) is 4.19. The number of hydrogen-bond acceptors (Lipinski definition) is 5. The van der Waals surface area contributed by atoms with E-state index in [1.54, 1.807) is 0 Å². The lowest BCUT2D eigenvalue weighted by Gasteiger charge is -2.20. The van der Waals surface area contributed by atoms with Crippen LogP contribution in [0, 0.1) is 5.92 Å². The molecule has 88 valence electrons. The van der Waals surface area contributed by atoms with Gasteiger partial charge in [0.1, 0.15) is 5.56 Å². The number of aromatic nitrogens is 2. The summed E-state index contributed by atoms with van der Waals surface area (Å²) in [5.74, 6) is -0.728. The Labute approximate surface area is 93.3 Å². The van der Waals surface area contributed by atoms with Crippen LogP contribution in [0.5, 0.6) is 0 Å². The van der Waals surface area contributed by atoms with Crippen molar-refractivity contribution in [2.24, 2.45) is 5.92 Å². The largest absolute Gasteiger partial charge is 0.478 e. The van der Waals surface area contributed by atoms with Gasteiger partial charge in [-0.2, -0.15) is 5.10 Å². The molecule has 0 amide bonds. The molecule has 0 aromatic carbocycles. The molecule has 0 spiro atoms. The van der Waals surface area contributed by atoms with E-state index in [0.717, 1.165) is 0 Å². The highest BCUT2D eigenvalue weighted by atomic mass is 16.4. The van der Waals surface area contributed by atoms with Crippen LogP contribution >= 0.6 is 0 Å². The molecule has 0 saturated carbocycles. The summed E-state index contributed by atoms with van der Waals surface area (Å²) in [6.07, 6.45) is 1.32. The normalized spacial score (nSPS) is 12.5. The van der Waals surface area contributed by atoms with Gasteiger partial charge in [-0.25, -0.2) is 4.79 Å². The zero-order chi connectivity index (χ0) is 12.1. The van der Waals surface area contributed by atoms with E-state index in [1.807, 2.05) is 13.8 Å². The average Bonchev–Trinajstić information content (AvgIpc) is 2.25. The topological polar surface area (TPSA) is 95.3 Å². The minimum Gasteiger partial charge on any atom is -0.478 e. The van der Waals surface area contributed by atoms with Gasteiger partial charge in [0, 0.05) is 0 Å². The van der Waals surface area contributed by atoms with Gasteiger partial charge in [-0.15, -0.1) is 5.10 Å². The van der Waals surface area contributed by atoms with E-state index in [0.29, 0.717) is 0 Å². The first-order chi connectivity index (χ1) is 7.56. The summed E-state index contributed by atoms with van der Waals surface area (Å²) in [4.78, 5) is 10.9. The van der Waals surface area contributed by atoms with Gasteiger partial charge >= 0.3 is 5.97 Å². The van der Waals surface area contributed by atoms with E-state index in [2.05, 4.69) is 15.5 Å². The molecule has 6 nitrogen and oxygen atoms in total. The maximum atomic E-state index is 10.9. The molecule has 0 saturated heterocycles. The van der Waals surface area contributed by atoms with Gasteiger partial charge in [0.15, 0.2) is 5.82 Å². The molecule has 0 bridgehead atoms. The van der Waals surface area contributed by atoms with E-state index in [-0.39, 0.29) is 29.9 Å². The van der Waals surface area contributed by atoms with Crippen molar-refractivity contribution in [2.45, 2.75) is 19.9 Å². The van der Waals surface area contributed by atoms with Crippen molar-refractivity contribution in [1.29, 1.82) is 0 Å². The summed E-state index contributed by atoms with van der Waals surface area (Å²) in [5, 5.41) is 28.3. The quantitative estimate of drug-likeness (QED) is 0.679. The number of carboxylic acid groups (broad SMARTS) is 1. The standard InChI is InChI=1S/C10H15N3O3/c1-6(2)8(5-14)12-9-7(10(15)16)3-4-11-13-9/h3-4,6,8,14H,5H2,1-2H3,(H,12,13)(H,15,16). The van der Waals surface area contributed by atoms with Gasteiger partial charge in [-0.3, -0.25) is 0 Å². The first kappa shape index (κ1) is 12.4. The highest BCUT2D eigenvalue weighted by Crippen LogP contribution is 2.14. The van der Waals surface area contributed by atoms with Crippen LogP contribution in [0.25, 0.3) is 0 Å². The number of aliphatic hydroxyl groups excluding tert-OH is 1. The summed E-state index contributed by atoms with van der Waals surface area (Å²) in [6.45, 7) is 3.75. The van der Waals surface area contributed by atoms with Gasteiger partial charge in [0.2, 0.25) is 0 Å². The fourth-order valence-corrected chi connectivity index (χ4v) is 1.21. The number of hydrogen-bond donors (Lipinski definition) is 3. The molecule has 1 aromatic rings. The molecule has 0 radical (unpaired) electrons. The predicted octanol–water partition coefficient (Wildman–Crippen LogP) is 0.604. The van der Waals surface area contributed by atoms with Crippen molar-refractivity contribution in [3.63, 3.8) is 0 Å². The van der Waals surface area contributed by atoms with E-state index >= 15 is 0 Å². The third kappa shape index (κ3) is 2.90. The number of anilines is 1. The minimum absolute atomic E-state index is 0.0501. The number of aliphatic hydroxyl groups is 1. The van der Waals surface area contributed by atoms with E-state index in [9.17, 15) is 4.79 Å². The molecular weight excluding hydrogens is 210 g/mol. The smallest absolute Gasteiger partial charge is 0.339 e. The molecule has 1 aromatic heterocycles. The predicted molar refractivity (Wildman–Crippen MR) is 58.3 cm³/mol. The lowest BCUT2D eigenvalue weighted by molar-refractivity contribution is 0.0697. The lowest BCUT2D eigenvalue weighted by Crippen LogP contribution is -2.30. The number of nitrogens with one attached hydrogen (secondary N) is 1. The maximum absolute atomic E-state index is 10.9. The van der Waals surface area contributed by atoms with E-state index < -0.39 is 5.97 Å². The van der Waals surface area contributed by atoms with Crippen molar-refractivity contribution < 1.29 is 15.0 Å². The molecule has 0 aliphatic carbocycles. The fraction of sp³-hybridized carbons (Fsp3) is 0.500. The van der Waals surface area contributed by atoms with Gasteiger partial charge in [-0.1, -0.05) is 13.8 Å². The minimum atomic E-state index is -1.07. The van der Waals surface area contributed by atoms with Crippen LogP contribution in [0.1, 0.15) is 24.2 Å². The van der Waals surface area contributed by atoms with E-state index in [1.165, 1.54) is 12.3 Å². The Hall–Kier alpha value is -1.69. The lowest BCUT2D eigenvalue weighted by atomic mass is 10.1. The third-order valence-electron chi connectivity index (χ3n) is 2.27. The highest BCUT2D eigenvalue weighted by molar-refractivity contribution is 5.92. The van der Waals surface area contributed by atoms with Crippen molar-refractivity contribution in [1.82, 2.24) is 10.2 Å². The molecule has 1 rings (SSSR count). The van der Waals surface area contributed by atoms with Crippen LogP contribution in [0.3, 0.4) is 0 Å². The summed E-state index contributed by atoms with van der Waals surface area (Å²) in [7, 11) is 0. The molecule has 0 fully saturated rings. The van der Waals surface area contributed by atoms with Gasteiger partial charge < -0.3 is 15.5 Å². The molecule has 0 aliphatic rings. The van der Waals surface area contributed by atoms with Gasteiger partial charge in [0.05, 0.1) is 18.8 Å². The highest BCUT2D eigenvalue weighted by Gasteiger charge is 2.17. The second kappa shape index (κ2) is 5.41. The first-order valence-electron chi connectivity index (χ1n) is 4.98. The van der Waals surface area contributed by atoms with E-state index in [4.69, 9.17) is 10.2 Å². The van der Waals surface area contributed by atoms with Crippen molar-refractivity contribution in [3.05, 3.63) is 17.8 Å². The molecule has 16 heavy (non-hydrogen) atoms. The van der Waals surface area contributed by atoms with Crippen molar-refractivity contribution >= 4 is 11.8 Å². The number of nitrogens with zero attached hydrogens (tertiary/aromatic N) is 2. The molecule has 0 aliphatic heterocycles. The second-order valence-corrected chi connectivity index (χ2v) is 3.78. The molecule has 1 atom stereocenters. The van der Waals surface area contributed by atoms with Gasteiger partial charge in [-0.05, 0) is 12.0 Å². The third-order valence-corrected chi connectivity index (χ3v) is 2.27. The number of aromatic carboxylic acids is 1. The summed E-state index contributed by atoms with van der Waals surface area (Å²) >= 11 is 0. The molecule has 3 N–H and O–H groups in total. The first-order valence-corrected chi connectivity index (χ1v) is 4.98. The number of rotatable bonds is 5. The Balaban J connectivity index is 2.91. The average molecular weight is 225 g/mol. The Morgan fingerprint density at radius 3 is 2.75 bits per heavy atom. The molecule has 6 heteroatoms. The van der Waals surface area contributed by atoms with Gasteiger partial charge in [0.25, 0.3) is 0 Å². The van der Waals surface area contributed by atoms with Crippen LogP contribution in [-0.4, -0.2) is 39.0 Å². The zero-order valence-electron chi connectivity index (χ0n) is 9.21. The number of carbonyl (C=O) groups is 1. The zero-order valence-corrected chi connectivity index (χ0v) is 9.21. The SMILES string of the molecule is CC(C)C(CO)Nc1nnccc1C(=O)O. The Morgan fingerprint density at radius 1 is 1.56 bits per heavy atom. The second-order valence-electron chi connectivity index (χ2n) is 3.78. The van der Waals surface area contributed by atoms with Crippen molar-refractivity contribution in [3.8, 4) is 0 Å². The summed E-state index contributed by atoms with van der Waals surface area (Å²) < 4.78 is 0. The Bertz CT molecular complexity index is 368. The number of carboxylic acids is 1. The summed E-state index contributed by atoms with van der Waals surface area (Å²) in [5.41, 5.74) is 0.0501. The fourth-order valence-electron chi connectivity index (χ4n) is 1.21. The maximum Gasteiger partial charge on any atom is 0.339 e. The molecular formula is C10H15N3O3. The summed E-state index contributed by atoms with van der Waals surface area (Å²) in [6, 6.07) is 1.13. The van der Waals surface area contributed by atoms with Crippen molar-refractivity contribution in [2.75, 3.05) is 11.9 Å². The van der Waals surface area contributed by atoms with Crippen LogP contribution < -0.4 is 5.32 Å². The van der Waals surface area contributed by atoms with Crippen LogP contribution in [0.15, 0.2) is 12.3 Å². The molecule has 1 unspecified atom stereocenters. The monoisotopic (exact) mass is 225 g/mol.